The van der Waals surface area contributed by atoms with Crippen LogP contribution in [0.5, 0.6) is 0 Å². The van der Waals surface area contributed by atoms with Crippen molar-refractivity contribution < 1.29 is 30.9 Å². The highest BCUT2D eigenvalue weighted by molar-refractivity contribution is 7.28. The van der Waals surface area contributed by atoms with E-state index in [2.05, 4.69) is 367 Å². The van der Waals surface area contributed by atoms with Crippen LogP contribution in [-0.4, -0.2) is 0 Å². The van der Waals surface area contributed by atoms with Crippen LogP contribution in [0.15, 0.2) is 449 Å². The monoisotopic (exact) mass is 1900 g/mol. The number of rotatable bonds is 9. The molecule has 0 aliphatic heterocycles. The molecule has 0 saturated carbocycles. The Morgan fingerprint density at radius 1 is 0.135 bits per heavy atom. The van der Waals surface area contributed by atoms with Gasteiger partial charge in [0, 0.05) is 197 Å². The van der Waals surface area contributed by atoms with Crippen molar-refractivity contribution in [3.05, 3.63) is 419 Å². The molecular weight excluding hydrogens is 1830 g/mol. The van der Waals surface area contributed by atoms with Gasteiger partial charge >= 0.3 is 0 Å². The van der Waals surface area contributed by atoms with Crippen LogP contribution in [0.3, 0.4) is 0 Å². The van der Waals surface area contributed by atoms with Crippen molar-refractivity contribution in [2.75, 3.05) is 14.7 Å². The summed E-state index contributed by atoms with van der Waals surface area (Å²) in [6.07, 6.45) is 0. The average molecular weight is 1900 g/mol. The highest BCUT2D eigenvalue weighted by Gasteiger charge is 2.31. The van der Waals surface area contributed by atoms with Gasteiger partial charge in [-0.25, -0.2) is 0 Å². The van der Waals surface area contributed by atoms with Crippen molar-refractivity contribution in [2.45, 2.75) is 0 Å². The van der Waals surface area contributed by atoms with Crippen LogP contribution in [0.2, 0.25) is 0 Å². The zero-order valence-corrected chi connectivity index (χ0v) is 78.7. The standard InChI is InChI=1S/2C42H23NO3S.C42H23NOS3/c1-4-14-32-25(9-1)27-20-19-24(23-36(27)45-32)43(30-12-7-17-35-39(30)29-11-3-6-16-34(29)44-35)31-13-8-18-37-40(31)41-38(47-37)22-21-28-26-10-2-5-15-33(26)46-42(28)41;1-4-12-33-26(8-1)29-18-16-24(22-36(29)44-33)43(25-17-19-30-27-9-2-5-13-34(27)45-37(30)23-25)32-11-7-15-38-40(32)41-39(47-38)21-20-31-28-10-3-6-14-35(28)46-42(31)41;1-4-18-33-24(10-1)27-22-23-37-39(40(27)44-33)38-30(15-9-21-36(38)45-37)43(31-16-7-13-28-25-11-2-5-19-34(25)46-41(28)31)32-17-8-14-29-26-12-3-6-20-35(26)47-42(29)32/h3*1-23H. The van der Waals surface area contributed by atoms with Crippen molar-refractivity contribution in [3.8, 4) is 0 Å². The molecule has 0 aliphatic carbocycles. The first kappa shape index (κ1) is 78.9. The minimum atomic E-state index is 0.847. The number of nitrogens with zero attached hydrogens (tertiary/aromatic N) is 3. The van der Waals surface area contributed by atoms with E-state index in [4.69, 9.17) is 30.9 Å². The largest absolute Gasteiger partial charge is 0.456 e. The lowest BCUT2D eigenvalue weighted by Gasteiger charge is -2.27. The second-order valence-corrected chi connectivity index (χ2v) is 41.4. The number of benzene rings is 21. The predicted octanol–water partition coefficient (Wildman–Crippen LogP) is 40.6. The fraction of sp³-hybridized carbons (Fsp3) is 0. The van der Waals surface area contributed by atoms with E-state index in [9.17, 15) is 0 Å². The lowest BCUT2D eigenvalue weighted by atomic mass is 10.0. The van der Waals surface area contributed by atoms with Crippen LogP contribution in [0.4, 0.5) is 51.2 Å². The van der Waals surface area contributed by atoms with Crippen LogP contribution in [-0.2, 0) is 0 Å². The molecule has 0 atom stereocenters. The van der Waals surface area contributed by atoms with E-state index in [-0.39, 0.29) is 0 Å². The summed E-state index contributed by atoms with van der Waals surface area (Å²) in [5.41, 5.74) is 22.1. The highest BCUT2D eigenvalue weighted by Crippen LogP contribution is 2.58. The van der Waals surface area contributed by atoms with Gasteiger partial charge in [-0.2, -0.15) is 0 Å². The quantitative estimate of drug-likeness (QED) is 0.139. The van der Waals surface area contributed by atoms with Gasteiger partial charge in [0.05, 0.1) is 48.9 Å². The van der Waals surface area contributed by atoms with Crippen LogP contribution >= 0.6 is 56.7 Å². The minimum Gasteiger partial charge on any atom is -0.456 e. The number of hydrogen-bond acceptors (Lipinski definition) is 15. The minimum absolute atomic E-state index is 0.847. The van der Waals surface area contributed by atoms with E-state index < -0.39 is 0 Å². The summed E-state index contributed by atoms with van der Waals surface area (Å²) >= 11 is 9.19. The fourth-order valence-corrected chi connectivity index (χ4v) is 28.1. The van der Waals surface area contributed by atoms with Gasteiger partial charge < -0.3 is 45.6 Å². The molecule has 0 aliphatic rings. The normalized spacial score (nSPS) is 12.3. The van der Waals surface area contributed by atoms with Crippen molar-refractivity contribution in [1.82, 2.24) is 0 Å². The number of fused-ring (bicyclic) bond motifs is 39. The first-order valence-corrected chi connectivity index (χ1v) is 51.1. The third kappa shape index (κ3) is 11.9. The summed E-state index contributed by atoms with van der Waals surface area (Å²) in [5.74, 6) is 0. The molecular formula is C126H69N3O7S5. The number of furan rings is 7. The molecule has 10 nitrogen and oxygen atoms in total. The van der Waals surface area contributed by atoms with Crippen LogP contribution in [0.1, 0.15) is 0 Å². The van der Waals surface area contributed by atoms with Crippen molar-refractivity contribution in [2.24, 2.45) is 0 Å². The van der Waals surface area contributed by atoms with Gasteiger partial charge in [0.25, 0.3) is 0 Å². The second-order valence-electron chi connectivity index (χ2n) is 36.1. The molecule has 15 heteroatoms. The van der Waals surface area contributed by atoms with Crippen LogP contribution in [0, 0.1) is 0 Å². The fourth-order valence-electron chi connectivity index (χ4n) is 22.3. The lowest BCUT2D eigenvalue weighted by Crippen LogP contribution is -2.10. The highest BCUT2D eigenvalue weighted by atomic mass is 32.1. The number of para-hydroxylation sites is 7. The molecule has 0 amide bonds. The molecule has 12 heterocycles. The Balaban J connectivity index is 0.0000000972. The Bertz CT molecular complexity index is 10900. The Kier molecular flexibility index (Phi) is 17.1. The SMILES string of the molecule is c1ccc2c(c1)oc1c2ccc2sc3cccc(N(c4cccc5c4sc4ccccc45)c4cccc5c4sc4ccccc45)c3c21.c1ccc2c(c1)oc1cc(N(c3ccc4c(c3)oc3ccccc34)c3cccc4sc5ccc6c7ccccc7oc6c5c34)ccc12.c1ccc2c(c1)oc1cc(N(c3cccc4oc5ccccc5c34)c3cccc4sc5ccc6c7ccccc7oc6c5c34)ccc12. The van der Waals surface area contributed by atoms with Gasteiger partial charge in [-0.3, -0.25) is 0 Å². The Hall–Kier alpha value is -17.3. The molecule has 141 heavy (non-hydrogen) atoms. The van der Waals surface area contributed by atoms with Crippen molar-refractivity contribution >= 4 is 362 Å². The van der Waals surface area contributed by atoms with Gasteiger partial charge in [0.1, 0.15) is 78.2 Å². The number of anilines is 9. The Morgan fingerprint density at radius 3 is 0.780 bits per heavy atom. The predicted molar refractivity (Wildman–Crippen MR) is 599 cm³/mol. The van der Waals surface area contributed by atoms with Gasteiger partial charge in [-0.15, -0.1) is 56.7 Å². The topological polar surface area (TPSA) is 102 Å². The molecule has 0 saturated heterocycles. The number of thiophene rings is 5. The van der Waals surface area contributed by atoms with Crippen molar-refractivity contribution in [3.63, 3.8) is 0 Å². The van der Waals surface area contributed by atoms with E-state index in [0.29, 0.717) is 0 Å². The van der Waals surface area contributed by atoms with Crippen LogP contribution in [0.25, 0.3) is 254 Å². The van der Waals surface area contributed by atoms with Gasteiger partial charge in [0.15, 0.2) is 0 Å². The third-order valence-corrected chi connectivity index (χ3v) is 34.2. The Morgan fingerprint density at radius 2 is 0.383 bits per heavy atom. The molecule has 0 spiro atoms. The smallest absolute Gasteiger partial charge is 0.144 e. The lowest BCUT2D eigenvalue weighted by molar-refractivity contribution is 0.668. The van der Waals surface area contributed by atoms with E-state index in [1.807, 2.05) is 101 Å². The summed E-state index contributed by atoms with van der Waals surface area (Å²) in [5, 5.41) is 27.8. The Labute approximate surface area is 819 Å². The molecule has 0 radical (unpaired) electrons. The maximum absolute atomic E-state index is 6.69. The maximum Gasteiger partial charge on any atom is 0.144 e. The zero-order valence-electron chi connectivity index (χ0n) is 74.6. The first-order valence-electron chi connectivity index (χ1n) is 47.0. The summed E-state index contributed by atoms with van der Waals surface area (Å²) < 4.78 is 58.0. The second kappa shape index (κ2) is 30.6. The average Bonchev–Trinajstić information content (AvgIpc) is 1.72. The molecule has 0 unspecified atom stereocenters. The first-order chi connectivity index (χ1) is 69.9. The molecule has 0 bridgehead atoms. The summed E-state index contributed by atoms with van der Waals surface area (Å²) in [6, 6.07) is 148. The molecule has 33 aromatic rings. The molecule has 0 fully saturated rings. The molecule has 21 aromatic carbocycles. The summed E-state index contributed by atoms with van der Waals surface area (Å²) in [7, 11) is 0. The molecule has 12 aromatic heterocycles. The van der Waals surface area contributed by atoms with E-state index in [0.717, 1.165) is 215 Å². The molecule has 0 N–H and O–H groups in total. The van der Waals surface area contributed by atoms with Crippen molar-refractivity contribution in [1.29, 1.82) is 0 Å². The van der Waals surface area contributed by atoms with Gasteiger partial charge in [-0.1, -0.05) is 212 Å². The molecule has 33 rings (SSSR count). The third-order valence-electron chi connectivity index (χ3n) is 28.4. The molecule has 660 valence electrons. The van der Waals surface area contributed by atoms with Gasteiger partial charge in [-0.05, 0) is 188 Å². The van der Waals surface area contributed by atoms with E-state index >= 15 is 0 Å². The zero-order chi connectivity index (χ0) is 91.9. The maximum atomic E-state index is 6.69. The van der Waals surface area contributed by atoms with Gasteiger partial charge in [0.2, 0.25) is 0 Å². The number of hydrogen-bond donors (Lipinski definition) is 0. The van der Waals surface area contributed by atoms with E-state index in [1.165, 1.54) is 90.7 Å². The summed E-state index contributed by atoms with van der Waals surface area (Å²) in [4.78, 5) is 7.23. The van der Waals surface area contributed by atoms with Crippen LogP contribution < -0.4 is 14.7 Å². The summed E-state index contributed by atoms with van der Waals surface area (Å²) in [6.45, 7) is 0. The van der Waals surface area contributed by atoms with E-state index in [1.54, 1.807) is 22.7 Å².